The Hall–Kier alpha value is -1.04. The van der Waals surface area contributed by atoms with Crippen molar-refractivity contribution in [3.8, 4) is 0 Å². The molecule has 0 aromatic heterocycles. The summed E-state index contributed by atoms with van der Waals surface area (Å²) < 4.78 is 0. The van der Waals surface area contributed by atoms with E-state index in [0.717, 1.165) is 6.42 Å². The van der Waals surface area contributed by atoms with Gasteiger partial charge in [-0.1, -0.05) is 42.8 Å². The molecular weight excluding hydrogens is 180 g/mol. The third-order valence-electron chi connectivity index (χ3n) is 3.02. The van der Waals surface area contributed by atoms with Crippen LogP contribution in [0.25, 0.3) is 0 Å². The molecule has 0 radical (unpaired) electrons. The Morgan fingerprint density at radius 1 is 1.27 bits per heavy atom. The van der Waals surface area contributed by atoms with Gasteiger partial charge in [-0.25, -0.2) is 0 Å². The summed E-state index contributed by atoms with van der Waals surface area (Å²) >= 11 is 0. The zero-order chi connectivity index (χ0) is 11.3. The summed E-state index contributed by atoms with van der Waals surface area (Å²) in [6.45, 7) is 8.75. The van der Waals surface area contributed by atoms with Crippen molar-refractivity contribution in [1.82, 2.24) is 0 Å². The normalized spacial score (nSPS) is 13.3. The van der Waals surface area contributed by atoms with Gasteiger partial charge in [0.25, 0.3) is 0 Å². The Morgan fingerprint density at radius 3 is 2.60 bits per heavy atom. The topological polar surface area (TPSA) is 0 Å². The van der Waals surface area contributed by atoms with Gasteiger partial charge in [0.1, 0.15) is 0 Å². The van der Waals surface area contributed by atoms with Gasteiger partial charge in [-0.05, 0) is 50.7 Å². The highest BCUT2D eigenvalue weighted by molar-refractivity contribution is 5.33. The van der Waals surface area contributed by atoms with Crippen LogP contribution in [0.3, 0.4) is 0 Å². The van der Waals surface area contributed by atoms with Gasteiger partial charge in [0.2, 0.25) is 0 Å². The van der Waals surface area contributed by atoms with Crippen LogP contribution in [-0.2, 0) is 0 Å². The molecule has 0 heterocycles. The van der Waals surface area contributed by atoms with Crippen molar-refractivity contribution in [2.75, 3.05) is 0 Å². The van der Waals surface area contributed by atoms with E-state index in [4.69, 9.17) is 0 Å². The monoisotopic (exact) mass is 202 g/mol. The minimum Gasteiger partial charge on any atom is -0.0916 e. The van der Waals surface area contributed by atoms with E-state index in [1.807, 2.05) is 0 Å². The highest BCUT2D eigenvalue weighted by atomic mass is 14.1. The lowest BCUT2D eigenvalue weighted by atomic mass is 9.89. The van der Waals surface area contributed by atoms with Crippen LogP contribution in [0.5, 0.6) is 0 Å². The van der Waals surface area contributed by atoms with Gasteiger partial charge in [0.15, 0.2) is 0 Å². The molecule has 1 rings (SSSR count). The van der Waals surface area contributed by atoms with E-state index >= 15 is 0 Å². The van der Waals surface area contributed by atoms with E-state index in [2.05, 4.69) is 58.0 Å². The van der Waals surface area contributed by atoms with Crippen LogP contribution in [0.15, 0.2) is 30.4 Å². The van der Waals surface area contributed by atoms with Crippen LogP contribution in [0.1, 0.15) is 49.3 Å². The lowest BCUT2D eigenvalue weighted by Crippen LogP contribution is -1.99. The van der Waals surface area contributed by atoms with Crippen molar-refractivity contribution in [1.29, 1.82) is 0 Å². The molecule has 0 fully saturated rings. The Morgan fingerprint density at radius 2 is 2.00 bits per heavy atom. The lowest BCUT2D eigenvalue weighted by molar-refractivity contribution is 0.669. The highest BCUT2D eigenvalue weighted by Gasteiger charge is 2.10. The van der Waals surface area contributed by atoms with Crippen LogP contribution in [0.4, 0.5) is 0 Å². The van der Waals surface area contributed by atoms with Crippen molar-refractivity contribution in [3.05, 3.63) is 47.0 Å². The molecule has 0 N–H and O–H groups in total. The average molecular weight is 202 g/mol. The number of benzene rings is 1. The zero-order valence-corrected chi connectivity index (χ0v) is 10.4. The molecule has 1 atom stereocenters. The SMILES string of the molecule is C/C=C\CC(CC)c1cc(C)ccc1C. The molecule has 0 aliphatic rings. The first kappa shape index (κ1) is 12.0. The van der Waals surface area contributed by atoms with Gasteiger partial charge in [-0.3, -0.25) is 0 Å². The summed E-state index contributed by atoms with van der Waals surface area (Å²) in [4.78, 5) is 0. The van der Waals surface area contributed by atoms with Crippen molar-refractivity contribution >= 4 is 0 Å². The Balaban J connectivity index is 2.94. The zero-order valence-electron chi connectivity index (χ0n) is 10.4. The van der Waals surface area contributed by atoms with Crippen molar-refractivity contribution in [2.24, 2.45) is 0 Å². The molecule has 0 spiro atoms. The molecule has 0 heteroatoms. The molecule has 0 saturated carbocycles. The van der Waals surface area contributed by atoms with Crippen molar-refractivity contribution in [3.63, 3.8) is 0 Å². The Labute approximate surface area is 94.0 Å². The van der Waals surface area contributed by atoms with Gasteiger partial charge in [0, 0.05) is 0 Å². The van der Waals surface area contributed by atoms with Crippen molar-refractivity contribution < 1.29 is 0 Å². The molecule has 0 aliphatic heterocycles. The van der Waals surface area contributed by atoms with E-state index in [1.165, 1.54) is 23.1 Å². The third kappa shape index (κ3) is 3.23. The summed E-state index contributed by atoms with van der Waals surface area (Å²) in [5.74, 6) is 0.682. The van der Waals surface area contributed by atoms with Crippen molar-refractivity contribution in [2.45, 2.75) is 46.5 Å². The summed E-state index contributed by atoms with van der Waals surface area (Å²) in [5, 5.41) is 0. The van der Waals surface area contributed by atoms with E-state index in [9.17, 15) is 0 Å². The first-order chi connectivity index (χ1) is 7.19. The first-order valence-electron chi connectivity index (χ1n) is 5.87. The molecule has 0 bridgehead atoms. The maximum Gasteiger partial charge on any atom is -0.0127 e. The molecule has 0 saturated heterocycles. The Bertz CT molecular complexity index is 334. The fraction of sp³-hybridized carbons (Fsp3) is 0.467. The highest BCUT2D eigenvalue weighted by Crippen LogP contribution is 2.27. The largest absolute Gasteiger partial charge is 0.0916 e. The number of rotatable bonds is 4. The summed E-state index contributed by atoms with van der Waals surface area (Å²) in [6.07, 6.45) is 6.80. The minimum atomic E-state index is 0.682. The van der Waals surface area contributed by atoms with Gasteiger partial charge in [-0.15, -0.1) is 0 Å². The fourth-order valence-corrected chi connectivity index (χ4v) is 2.01. The number of aryl methyl sites for hydroxylation is 2. The van der Waals surface area contributed by atoms with Crippen LogP contribution in [0.2, 0.25) is 0 Å². The molecule has 0 amide bonds. The van der Waals surface area contributed by atoms with Gasteiger partial charge in [-0.2, -0.15) is 0 Å². The van der Waals surface area contributed by atoms with Crippen LogP contribution in [-0.4, -0.2) is 0 Å². The standard InChI is InChI=1S/C15H22/c1-5-7-8-14(6-2)15-11-12(3)9-10-13(15)4/h5,7,9-11,14H,6,8H2,1-4H3/b7-5-. The van der Waals surface area contributed by atoms with E-state index in [-0.39, 0.29) is 0 Å². The second-order valence-electron chi connectivity index (χ2n) is 4.27. The third-order valence-corrected chi connectivity index (χ3v) is 3.02. The van der Waals surface area contributed by atoms with Gasteiger partial charge < -0.3 is 0 Å². The van der Waals surface area contributed by atoms with Crippen LogP contribution < -0.4 is 0 Å². The molecule has 1 unspecified atom stereocenters. The molecule has 1 aromatic carbocycles. The van der Waals surface area contributed by atoms with Gasteiger partial charge >= 0.3 is 0 Å². The van der Waals surface area contributed by atoms with Crippen LogP contribution >= 0.6 is 0 Å². The second-order valence-corrected chi connectivity index (χ2v) is 4.27. The van der Waals surface area contributed by atoms with Crippen LogP contribution in [0, 0.1) is 13.8 Å². The predicted octanol–water partition coefficient (Wildman–Crippen LogP) is 4.76. The number of hydrogen-bond acceptors (Lipinski definition) is 0. The second kappa shape index (κ2) is 5.75. The number of allylic oxidation sites excluding steroid dienone is 2. The minimum absolute atomic E-state index is 0.682. The maximum atomic E-state index is 2.34. The average Bonchev–Trinajstić information content (AvgIpc) is 2.24. The quantitative estimate of drug-likeness (QED) is 0.617. The molecular formula is C15H22. The molecule has 1 aromatic rings. The summed E-state index contributed by atoms with van der Waals surface area (Å²) in [5.41, 5.74) is 4.32. The van der Waals surface area contributed by atoms with E-state index in [0.29, 0.717) is 5.92 Å². The summed E-state index contributed by atoms with van der Waals surface area (Å²) in [6, 6.07) is 6.78. The predicted molar refractivity (Wildman–Crippen MR) is 68.4 cm³/mol. The fourth-order valence-electron chi connectivity index (χ4n) is 2.01. The molecule has 15 heavy (non-hydrogen) atoms. The molecule has 82 valence electrons. The van der Waals surface area contributed by atoms with E-state index < -0.39 is 0 Å². The Kier molecular flexibility index (Phi) is 4.61. The lowest BCUT2D eigenvalue weighted by Gasteiger charge is -2.16. The molecule has 0 aliphatic carbocycles. The van der Waals surface area contributed by atoms with E-state index in [1.54, 1.807) is 0 Å². The maximum absolute atomic E-state index is 2.34. The smallest absolute Gasteiger partial charge is 0.0127 e. The van der Waals surface area contributed by atoms with Gasteiger partial charge in [0.05, 0.1) is 0 Å². The number of hydrogen-bond donors (Lipinski definition) is 0. The summed E-state index contributed by atoms with van der Waals surface area (Å²) in [7, 11) is 0. The molecule has 0 nitrogen and oxygen atoms in total. The first-order valence-corrected chi connectivity index (χ1v) is 5.87.